The monoisotopic (exact) mass is 357 g/mol. The highest BCUT2D eigenvalue weighted by Crippen LogP contribution is 2.40. The van der Waals surface area contributed by atoms with Crippen LogP contribution in [0.3, 0.4) is 0 Å². The number of rotatable bonds is 5. The molecule has 4 atom stereocenters. The third kappa shape index (κ3) is 3.84. The smallest absolute Gasteiger partial charge is 0.123 e. The van der Waals surface area contributed by atoms with Crippen molar-refractivity contribution in [3.05, 3.63) is 59.9 Å². The van der Waals surface area contributed by atoms with Crippen molar-refractivity contribution in [2.24, 2.45) is 11.8 Å². The fraction of sp³-hybridized carbons (Fsp3) is 0.429. The summed E-state index contributed by atoms with van der Waals surface area (Å²) in [5.41, 5.74) is 0.831. The molecule has 5 heteroatoms. The zero-order valence-electron chi connectivity index (χ0n) is 14.6. The minimum absolute atomic E-state index is 0.194. The molecule has 1 saturated heterocycles. The summed E-state index contributed by atoms with van der Waals surface area (Å²) in [6.07, 6.45) is 1.67. The van der Waals surface area contributed by atoms with E-state index in [0.29, 0.717) is 18.4 Å². The maximum Gasteiger partial charge on any atom is 0.123 e. The molecule has 4 nitrogen and oxygen atoms in total. The zero-order valence-corrected chi connectivity index (χ0v) is 14.6. The molecule has 0 bridgehead atoms. The highest BCUT2D eigenvalue weighted by Gasteiger charge is 2.42. The van der Waals surface area contributed by atoms with Crippen LogP contribution in [0.25, 0.3) is 0 Å². The fourth-order valence-electron chi connectivity index (χ4n) is 4.34. The molecular weight excluding hydrogens is 333 g/mol. The number of phenolic OH excluding ortho intramolecular Hbond substituents is 1. The van der Waals surface area contributed by atoms with E-state index in [1.165, 1.54) is 12.1 Å². The lowest BCUT2D eigenvalue weighted by Gasteiger charge is -2.22. The molecule has 1 aliphatic heterocycles. The fourth-order valence-corrected chi connectivity index (χ4v) is 4.34. The number of hydrogen-bond donors (Lipinski definition) is 2. The van der Waals surface area contributed by atoms with Gasteiger partial charge >= 0.3 is 0 Å². The summed E-state index contributed by atoms with van der Waals surface area (Å²) in [6, 6.07) is 13.0. The van der Waals surface area contributed by atoms with Gasteiger partial charge < -0.3 is 14.9 Å². The molecule has 26 heavy (non-hydrogen) atoms. The summed E-state index contributed by atoms with van der Waals surface area (Å²) in [6.45, 7) is 2.56. The van der Waals surface area contributed by atoms with E-state index in [0.717, 1.165) is 37.2 Å². The van der Waals surface area contributed by atoms with E-state index in [4.69, 9.17) is 4.74 Å². The van der Waals surface area contributed by atoms with E-state index in [9.17, 15) is 14.6 Å². The Morgan fingerprint density at radius 2 is 1.62 bits per heavy atom. The molecule has 2 fully saturated rings. The van der Waals surface area contributed by atoms with Crippen molar-refractivity contribution in [1.82, 2.24) is 4.90 Å². The van der Waals surface area contributed by atoms with Gasteiger partial charge in [0.25, 0.3) is 0 Å². The molecule has 0 spiro atoms. The SMILES string of the molecule is Oc1ccc([C@@H](O)CN2C[C@H]3C[C@@H](Oc4ccc(F)cc4)C[C@H]3C2)cc1. The summed E-state index contributed by atoms with van der Waals surface area (Å²) < 4.78 is 19.0. The molecule has 138 valence electrons. The number of β-amino-alcohol motifs (C(OH)–C–C–N with tert-alkyl or cyclic N) is 1. The van der Waals surface area contributed by atoms with Gasteiger partial charge in [-0.15, -0.1) is 0 Å². The van der Waals surface area contributed by atoms with Crippen LogP contribution in [0.1, 0.15) is 24.5 Å². The van der Waals surface area contributed by atoms with Gasteiger partial charge in [0.2, 0.25) is 0 Å². The van der Waals surface area contributed by atoms with Crippen LogP contribution < -0.4 is 4.74 Å². The van der Waals surface area contributed by atoms with Crippen molar-refractivity contribution in [1.29, 1.82) is 0 Å². The van der Waals surface area contributed by atoms with Crippen LogP contribution in [-0.2, 0) is 0 Å². The minimum atomic E-state index is -0.541. The van der Waals surface area contributed by atoms with Crippen LogP contribution in [0, 0.1) is 17.7 Å². The number of phenols is 1. The van der Waals surface area contributed by atoms with Crippen molar-refractivity contribution >= 4 is 0 Å². The van der Waals surface area contributed by atoms with Gasteiger partial charge in [0, 0.05) is 19.6 Å². The van der Waals surface area contributed by atoms with Gasteiger partial charge in [-0.25, -0.2) is 4.39 Å². The van der Waals surface area contributed by atoms with Crippen molar-refractivity contribution in [2.75, 3.05) is 19.6 Å². The number of halogens is 1. The summed E-state index contributed by atoms with van der Waals surface area (Å²) >= 11 is 0. The molecule has 0 unspecified atom stereocenters. The molecule has 2 N–H and O–H groups in total. The summed E-state index contributed by atoms with van der Waals surface area (Å²) in [5.74, 6) is 1.88. The van der Waals surface area contributed by atoms with Gasteiger partial charge in [0.05, 0.1) is 12.2 Å². The first-order valence-electron chi connectivity index (χ1n) is 9.18. The molecule has 4 rings (SSSR count). The third-order valence-electron chi connectivity index (χ3n) is 5.61. The number of aliphatic hydroxyl groups excluding tert-OH is 1. The van der Waals surface area contributed by atoms with Crippen LogP contribution in [0.15, 0.2) is 48.5 Å². The average molecular weight is 357 g/mol. The average Bonchev–Trinajstić information content (AvgIpc) is 3.15. The molecule has 1 heterocycles. The first-order chi connectivity index (χ1) is 12.6. The first-order valence-corrected chi connectivity index (χ1v) is 9.18. The van der Waals surface area contributed by atoms with Crippen LogP contribution in [-0.4, -0.2) is 40.9 Å². The van der Waals surface area contributed by atoms with E-state index in [1.54, 1.807) is 36.4 Å². The molecule has 0 radical (unpaired) electrons. The Morgan fingerprint density at radius 3 is 2.23 bits per heavy atom. The van der Waals surface area contributed by atoms with E-state index in [-0.39, 0.29) is 17.7 Å². The van der Waals surface area contributed by atoms with Crippen LogP contribution >= 0.6 is 0 Å². The highest BCUT2D eigenvalue weighted by atomic mass is 19.1. The number of likely N-dealkylation sites (tertiary alicyclic amines) is 1. The second-order valence-corrected chi connectivity index (χ2v) is 7.51. The number of nitrogens with zero attached hydrogens (tertiary/aromatic N) is 1. The number of ether oxygens (including phenoxy) is 1. The van der Waals surface area contributed by atoms with Crippen molar-refractivity contribution in [2.45, 2.75) is 25.0 Å². The summed E-state index contributed by atoms with van der Waals surface area (Å²) in [7, 11) is 0. The zero-order chi connectivity index (χ0) is 18.1. The second-order valence-electron chi connectivity index (χ2n) is 7.51. The summed E-state index contributed by atoms with van der Waals surface area (Å²) in [4.78, 5) is 2.32. The maximum absolute atomic E-state index is 13.0. The lowest BCUT2D eigenvalue weighted by atomic mass is 10.0. The summed E-state index contributed by atoms with van der Waals surface area (Å²) in [5, 5.41) is 19.8. The number of fused-ring (bicyclic) bond motifs is 1. The predicted molar refractivity (Wildman–Crippen MR) is 96.5 cm³/mol. The number of hydrogen-bond acceptors (Lipinski definition) is 4. The van der Waals surface area contributed by atoms with Crippen LogP contribution in [0.5, 0.6) is 11.5 Å². The van der Waals surface area contributed by atoms with Gasteiger partial charge in [0.1, 0.15) is 17.3 Å². The van der Waals surface area contributed by atoms with E-state index in [1.807, 2.05) is 0 Å². The molecule has 1 saturated carbocycles. The largest absolute Gasteiger partial charge is 0.508 e. The topological polar surface area (TPSA) is 52.9 Å². The quantitative estimate of drug-likeness (QED) is 0.862. The molecule has 1 aliphatic carbocycles. The van der Waals surface area contributed by atoms with Crippen LogP contribution in [0.2, 0.25) is 0 Å². The molecule has 2 aromatic carbocycles. The first kappa shape index (κ1) is 17.3. The van der Waals surface area contributed by atoms with Crippen molar-refractivity contribution < 1.29 is 19.3 Å². The van der Waals surface area contributed by atoms with Crippen molar-refractivity contribution in [3.8, 4) is 11.5 Å². The molecule has 2 aromatic rings. The maximum atomic E-state index is 13.0. The van der Waals surface area contributed by atoms with Gasteiger partial charge in [0.15, 0.2) is 0 Å². The molecule has 2 aliphatic rings. The third-order valence-corrected chi connectivity index (χ3v) is 5.61. The Morgan fingerprint density at radius 1 is 1.00 bits per heavy atom. The number of benzene rings is 2. The Balaban J connectivity index is 1.28. The Labute approximate surface area is 152 Å². The standard InChI is InChI=1S/C21H24FNO3/c22-17-3-7-19(8-4-17)26-20-9-15-11-23(12-16(15)10-20)13-21(25)14-1-5-18(24)6-2-14/h1-8,15-16,20-21,24-25H,9-13H2/t15-,16+,20-,21-/m0/s1. The molecular formula is C21H24FNO3. The Hall–Kier alpha value is -2.11. The highest BCUT2D eigenvalue weighted by molar-refractivity contribution is 5.27. The molecule has 0 aromatic heterocycles. The van der Waals surface area contributed by atoms with Crippen LogP contribution in [0.4, 0.5) is 4.39 Å². The van der Waals surface area contributed by atoms with Gasteiger partial charge in [-0.05, 0) is 66.6 Å². The van der Waals surface area contributed by atoms with Gasteiger partial charge in [-0.3, -0.25) is 4.90 Å². The van der Waals surface area contributed by atoms with E-state index >= 15 is 0 Å². The van der Waals surface area contributed by atoms with E-state index in [2.05, 4.69) is 4.90 Å². The van der Waals surface area contributed by atoms with E-state index < -0.39 is 6.10 Å². The lowest BCUT2D eigenvalue weighted by Crippen LogP contribution is -2.28. The van der Waals surface area contributed by atoms with Gasteiger partial charge in [-0.1, -0.05) is 12.1 Å². The second kappa shape index (κ2) is 7.25. The number of aliphatic hydroxyl groups is 1. The minimum Gasteiger partial charge on any atom is -0.508 e. The Kier molecular flexibility index (Phi) is 4.83. The van der Waals surface area contributed by atoms with Crippen molar-refractivity contribution in [3.63, 3.8) is 0 Å². The predicted octanol–water partition coefficient (Wildman–Crippen LogP) is 3.35. The Bertz CT molecular complexity index is 720. The lowest BCUT2D eigenvalue weighted by molar-refractivity contribution is 0.116. The van der Waals surface area contributed by atoms with Gasteiger partial charge in [-0.2, -0.15) is 0 Å². The normalized spacial score (nSPS) is 26.6. The number of aromatic hydroxyl groups is 1. The molecule has 0 amide bonds.